The molecule has 4 nitrogen and oxygen atoms in total. The van der Waals surface area contributed by atoms with E-state index < -0.39 is 0 Å². The number of hydrogen-bond acceptors (Lipinski definition) is 4. The number of halogens is 1. The van der Waals surface area contributed by atoms with Crippen LogP contribution in [0, 0.1) is 0 Å². The van der Waals surface area contributed by atoms with Crippen LogP contribution in [-0.2, 0) is 6.42 Å². The van der Waals surface area contributed by atoms with E-state index in [-0.39, 0.29) is 5.54 Å². The lowest BCUT2D eigenvalue weighted by molar-refractivity contribution is 0.377. The molecular weight excluding hydrogens is 258 g/mol. The fourth-order valence-corrected chi connectivity index (χ4v) is 1.82. The molecule has 1 aliphatic carbocycles. The normalized spacial score (nSPS) is 17.5. The summed E-state index contributed by atoms with van der Waals surface area (Å²) in [5.41, 5.74) is 7.06. The summed E-state index contributed by atoms with van der Waals surface area (Å²) in [4.78, 5) is 8.29. The van der Waals surface area contributed by atoms with Crippen LogP contribution in [0.3, 0.4) is 0 Å². The molecule has 2 N–H and O–H groups in total. The van der Waals surface area contributed by atoms with Gasteiger partial charge in [0.05, 0.1) is 17.3 Å². The molecule has 82 valence electrons. The topological polar surface area (TPSA) is 61.0 Å². The van der Waals surface area contributed by atoms with Gasteiger partial charge in [-0.1, -0.05) is 0 Å². The van der Waals surface area contributed by atoms with E-state index in [0.717, 1.165) is 35.8 Å². The van der Waals surface area contributed by atoms with Gasteiger partial charge in [0.2, 0.25) is 0 Å². The second-order valence-corrected chi connectivity index (χ2v) is 4.87. The molecule has 0 amide bonds. The van der Waals surface area contributed by atoms with E-state index >= 15 is 0 Å². The Balaban J connectivity index is 2.05. The minimum absolute atomic E-state index is 0.0671. The minimum Gasteiger partial charge on any atom is -0.467 e. The molecule has 2 rings (SSSR count). The molecule has 0 aliphatic heterocycles. The fraction of sp³-hybridized carbons (Fsp3) is 0.600. The third-order valence-corrected chi connectivity index (χ3v) is 3.39. The maximum Gasteiger partial charge on any atom is 0.316 e. The van der Waals surface area contributed by atoms with Crippen LogP contribution in [0.4, 0.5) is 0 Å². The quantitative estimate of drug-likeness (QED) is 0.905. The van der Waals surface area contributed by atoms with Crippen molar-refractivity contribution in [1.29, 1.82) is 0 Å². The van der Waals surface area contributed by atoms with Crippen molar-refractivity contribution in [1.82, 2.24) is 9.97 Å². The fourth-order valence-electron chi connectivity index (χ4n) is 1.44. The molecule has 0 aromatic carbocycles. The van der Waals surface area contributed by atoms with Crippen LogP contribution in [0.5, 0.6) is 6.01 Å². The monoisotopic (exact) mass is 271 g/mol. The molecule has 0 saturated heterocycles. The summed E-state index contributed by atoms with van der Waals surface area (Å²) in [6, 6.07) is 0.412. The summed E-state index contributed by atoms with van der Waals surface area (Å²) in [7, 11) is 1.57. The van der Waals surface area contributed by atoms with Gasteiger partial charge in [0.1, 0.15) is 0 Å². The average Bonchev–Trinajstić information content (AvgIpc) is 2.96. The van der Waals surface area contributed by atoms with Crippen molar-refractivity contribution in [2.75, 3.05) is 7.11 Å². The van der Waals surface area contributed by atoms with Gasteiger partial charge in [-0.3, -0.25) is 0 Å². The van der Waals surface area contributed by atoms with E-state index in [1.165, 1.54) is 0 Å². The number of methoxy groups -OCH3 is 1. The molecule has 5 heteroatoms. The van der Waals surface area contributed by atoms with Crippen LogP contribution >= 0.6 is 15.9 Å². The Labute approximate surface area is 97.4 Å². The van der Waals surface area contributed by atoms with Crippen molar-refractivity contribution in [2.24, 2.45) is 5.73 Å². The van der Waals surface area contributed by atoms with E-state index in [1.807, 2.05) is 0 Å². The lowest BCUT2D eigenvalue weighted by Crippen LogP contribution is -2.22. The van der Waals surface area contributed by atoms with Gasteiger partial charge in [-0.05, 0) is 41.6 Å². The number of aromatic nitrogens is 2. The summed E-state index contributed by atoms with van der Waals surface area (Å²) in [5.74, 6) is 0. The zero-order valence-corrected chi connectivity index (χ0v) is 10.2. The van der Waals surface area contributed by atoms with Crippen LogP contribution in [-0.4, -0.2) is 22.6 Å². The third kappa shape index (κ3) is 2.66. The Kier molecular flexibility index (Phi) is 2.93. The molecule has 1 fully saturated rings. The first kappa shape index (κ1) is 10.8. The number of nitrogens with zero attached hydrogens (tertiary/aromatic N) is 2. The molecule has 1 aliphatic rings. The molecule has 1 aromatic rings. The van der Waals surface area contributed by atoms with Gasteiger partial charge in [0, 0.05) is 11.7 Å². The lowest BCUT2D eigenvalue weighted by atomic mass is 10.1. The Morgan fingerprint density at radius 2 is 2.33 bits per heavy atom. The second-order valence-electron chi connectivity index (χ2n) is 4.01. The summed E-state index contributed by atoms with van der Waals surface area (Å²) in [6.07, 6.45) is 5.83. The van der Waals surface area contributed by atoms with Gasteiger partial charge >= 0.3 is 6.01 Å². The van der Waals surface area contributed by atoms with Gasteiger partial charge in [0.25, 0.3) is 0 Å². The van der Waals surface area contributed by atoms with E-state index in [4.69, 9.17) is 10.5 Å². The maximum absolute atomic E-state index is 6.03. The predicted molar refractivity (Wildman–Crippen MR) is 60.8 cm³/mol. The SMILES string of the molecule is COc1ncc(Br)c(CCC2(N)CC2)n1. The lowest BCUT2D eigenvalue weighted by Gasteiger charge is -2.09. The largest absolute Gasteiger partial charge is 0.467 e. The highest BCUT2D eigenvalue weighted by Gasteiger charge is 2.37. The van der Waals surface area contributed by atoms with Crippen LogP contribution in [0.1, 0.15) is 25.0 Å². The maximum atomic E-state index is 6.03. The van der Waals surface area contributed by atoms with Gasteiger partial charge in [-0.15, -0.1) is 0 Å². The Morgan fingerprint density at radius 3 is 2.93 bits per heavy atom. The molecule has 1 heterocycles. The summed E-state index contributed by atoms with van der Waals surface area (Å²) >= 11 is 3.43. The molecule has 0 bridgehead atoms. The molecule has 1 saturated carbocycles. The highest BCUT2D eigenvalue weighted by molar-refractivity contribution is 9.10. The van der Waals surface area contributed by atoms with Crippen molar-refractivity contribution in [2.45, 2.75) is 31.2 Å². The van der Waals surface area contributed by atoms with Gasteiger partial charge in [-0.25, -0.2) is 4.98 Å². The smallest absolute Gasteiger partial charge is 0.316 e. The van der Waals surface area contributed by atoms with Crippen LogP contribution in [0.15, 0.2) is 10.7 Å². The van der Waals surface area contributed by atoms with Gasteiger partial charge in [0.15, 0.2) is 0 Å². The molecule has 0 radical (unpaired) electrons. The zero-order valence-electron chi connectivity index (χ0n) is 8.66. The van der Waals surface area contributed by atoms with Crippen molar-refractivity contribution < 1.29 is 4.74 Å². The zero-order chi connectivity index (χ0) is 10.9. The van der Waals surface area contributed by atoms with Gasteiger partial charge in [-0.2, -0.15) is 4.98 Å². The molecule has 1 aromatic heterocycles. The molecular formula is C10H14BrN3O. The highest BCUT2D eigenvalue weighted by atomic mass is 79.9. The van der Waals surface area contributed by atoms with Crippen molar-refractivity contribution in [3.63, 3.8) is 0 Å². The molecule has 0 unspecified atom stereocenters. The second kappa shape index (κ2) is 4.06. The predicted octanol–water partition coefficient (Wildman–Crippen LogP) is 1.67. The first-order valence-corrected chi connectivity index (χ1v) is 5.76. The van der Waals surface area contributed by atoms with Crippen LogP contribution in [0.2, 0.25) is 0 Å². The standard InChI is InChI=1S/C10H14BrN3O/c1-15-9-13-6-7(11)8(14-9)2-3-10(12)4-5-10/h6H,2-5,12H2,1H3. The van der Waals surface area contributed by atoms with E-state index in [2.05, 4.69) is 25.9 Å². The Morgan fingerprint density at radius 1 is 1.60 bits per heavy atom. The average molecular weight is 272 g/mol. The van der Waals surface area contributed by atoms with Crippen LogP contribution in [0.25, 0.3) is 0 Å². The summed E-state index contributed by atoms with van der Waals surface area (Å²) in [6.45, 7) is 0. The molecule has 15 heavy (non-hydrogen) atoms. The van der Waals surface area contributed by atoms with E-state index in [1.54, 1.807) is 13.3 Å². The molecule has 0 spiro atoms. The summed E-state index contributed by atoms with van der Waals surface area (Å²) in [5, 5.41) is 0. The number of aryl methyl sites for hydroxylation is 1. The van der Waals surface area contributed by atoms with E-state index in [9.17, 15) is 0 Å². The van der Waals surface area contributed by atoms with E-state index in [0.29, 0.717) is 6.01 Å². The summed E-state index contributed by atoms with van der Waals surface area (Å²) < 4.78 is 5.91. The van der Waals surface area contributed by atoms with Crippen molar-refractivity contribution >= 4 is 15.9 Å². The first-order chi connectivity index (χ1) is 7.13. The Hall–Kier alpha value is -0.680. The first-order valence-electron chi connectivity index (χ1n) is 4.97. The minimum atomic E-state index is 0.0671. The number of rotatable bonds is 4. The third-order valence-electron chi connectivity index (χ3n) is 2.73. The van der Waals surface area contributed by atoms with Gasteiger partial charge < -0.3 is 10.5 Å². The number of hydrogen-bond donors (Lipinski definition) is 1. The molecule has 0 atom stereocenters. The Bertz CT molecular complexity index is 366. The number of ether oxygens (including phenoxy) is 1. The van der Waals surface area contributed by atoms with Crippen molar-refractivity contribution in [3.05, 3.63) is 16.4 Å². The van der Waals surface area contributed by atoms with Crippen molar-refractivity contribution in [3.8, 4) is 6.01 Å². The number of nitrogens with two attached hydrogens (primary N) is 1. The van der Waals surface area contributed by atoms with Crippen LogP contribution < -0.4 is 10.5 Å². The highest BCUT2D eigenvalue weighted by Crippen LogP contribution is 2.36.